The van der Waals surface area contributed by atoms with Crippen LogP contribution in [0.4, 0.5) is 5.95 Å². The van der Waals surface area contributed by atoms with Crippen LogP contribution in [0.5, 0.6) is 0 Å². The van der Waals surface area contributed by atoms with E-state index >= 15 is 0 Å². The number of nitrogens with one attached hydrogen (secondary N) is 1. The lowest BCUT2D eigenvalue weighted by molar-refractivity contribution is 0.0691. The molecule has 0 saturated carbocycles. The van der Waals surface area contributed by atoms with Gasteiger partial charge >= 0.3 is 5.97 Å². The quantitative estimate of drug-likeness (QED) is 0.836. The topological polar surface area (TPSA) is 101 Å². The van der Waals surface area contributed by atoms with E-state index < -0.39 is 5.97 Å². The molecule has 8 heteroatoms. The van der Waals surface area contributed by atoms with Crippen molar-refractivity contribution in [1.29, 1.82) is 0 Å². The van der Waals surface area contributed by atoms with E-state index in [1.54, 1.807) is 0 Å². The first kappa shape index (κ1) is 14.3. The van der Waals surface area contributed by atoms with Crippen LogP contribution in [0.2, 0.25) is 0 Å². The van der Waals surface area contributed by atoms with E-state index in [1.807, 2.05) is 13.8 Å². The van der Waals surface area contributed by atoms with Gasteiger partial charge in [0, 0.05) is 5.38 Å². The SMILES string of the molecule is CCc1nnc(NCc2nc(C(=O)O)cs2)nc1CC. The number of hydrogen-bond acceptors (Lipinski definition) is 7. The van der Waals surface area contributed by atoms with Crippen molar-refractivity contribution in [3.8, 4) is 0 Å². The highest BCUT2D eigenvalue weighted by atomic mass is 32.1. The third kappa shape index (κ3) is 3.27. The number of aryl methyl sites for hydroxylation is 2. The van der Waals surface area contributed by atoms with Gasteiger partial charge < -0.3 is 10.4 Å². The van der Waals surface area contributed by atoms with Crippen molar-refractivity contribution in [3.63, 3.8) is 0 Å². The van der Waals surface area contributed by atoms with Crippen LogP contribution in [0.25, 0.3) is 0 Å². The standard InChI is InChI=1S/C12H15N5O2S/c1-3-7-8(4-2)16-17-12(15-7)13-5-10-14-9(6-20-10)11(18)19/h6H,3-5H2,1-2H3,(H,18,19)(H,13,15,17). The van der Waals surface area contributed by atoms with E-state index in [2.05, 4.69) is 25.5 Å². The van der Waals surface area contributed by atoms with Crippen LogP contribution in [0.15, 0.2) is 5.38 Å². The number of rotatable bonds is 6. The van der Waals surface area contributed by atoms with Gasteiger partial charge in [-0.25, -0.2) is 14.8 Å². The summed E-state index contributed by atoms with van der Waals surface area (Å²) < 4.78 is 0. The average Bonchev–Trinajstić information content (AvgIpc) is 2.94. The minimum absolute atomic E-state index is 0.0569. The van der Waals surface area contributed by atoms with Crippen LogP contribution in [-0.4, -0.2) is 31.2 Å². The minimum atomic E-state index is -1.02. The first-order chi connectivity index (χ1) is 9.63. The van der Waals surface area contributed by atoms with Gasteiger partial charge in [-0.05, 0) is 12.8 Å². The van der Waals surface area contributed by atoms with Crippen molar-refractivity contribution in [3.05, 3.63) is 27.5 Å². The van der Waals surface area contributed by atoms with Gasteiger partial charge in [0.05, 0.1) is 17.9 Å². The Morgan fingerprint density at radius 1 is 1.25 bits per heavy atom. The van der Waals surface area contributed by atoms with E-state index in [4.69, 9.17) is 5.11 Å². The Balaban J connectivity index is 2.04. The molecule has 0 radical (unpaired) electrons. The van der Waals surface area contributed by atoms with E-state index in [0.29, 0.717) is 17.5 Å². The molecule has 0 unspecified atom stereocenters. The summed E-state index contributed by atoms with van der Waals surface area (Å²) in [5.41, 5.74) is 1.89. The van der Waals surface area contributed by atoms with Crippen LogP contribution in [0.1, 0.15) is 40.7 Å². The maximum atomic E-state index is 10.7. The molecule has 0 amide bonds. The number of carboxylic acids is 1. The molecule has 0 aliphatic carbocycles. The molecule has 2 heterocycles. The Bertz CT molecular complexity index is 614. The maximum absolute atomic E-state index is 10.7. The number of aromatic nitrogens is 4. The van der Waals surface area contributed by atoms with Gasteiger partial charge in [0.2, 0.25) is 5.95 Å². The summed E-state index contributed by atoms with van der Waals surface area (Å²) >= 11 is 1.28. The Morgan fingerprint density at radius 2 is 2.00 bits per heavy atom. The molecule has 2 aromatic rings. The molecule has 7 nitrogen and oxygen atoms in total. The van der Waals surface area contributed by atoms with Gasteiger partial charge in [-0.15, -0.1) is 16.4 Å². The van der Waals surface area contributed by atoms with Crippen LogP contribution < -0.4 is 5.32 Å². The second kappa shape index (κ2) is 6.38. The van der Waals surface area contributed by atoms with Crippen LogP contribution in [0, 0.1) is 0 Å². The smallest absolute Gasteiger partial charge is 0.355 e. The van der Waals surface area contributed by atoms with Gasteiger partial charge in [0.25, 0.3) is 0 Å². The summed E-state index contributed by atoms with van der Waals surface area (Å²) in [5.74, 6) is -0.586. The van der Waals surface area contributed by atoms with Gasteiger partial charge in [0.15, 0.2) is 5.69 Å². The molecule has 2 N–H and O–H groups in total. The molecule has 2 aromatic heterocycles. The first-order valence-corrected chi connectivity index (χ1v) is 7.16. The zero-order chi connectivity index (χ0) is 14.5. The molecular formula is C12H15N5O2S. The zero-order valence-corrected chi connectivity index (χ0v) is 12.1. The van der Waals surface area contributed by atoms with Crippen molar-refractivity contribution in [2.45, 2.75) is 33.2 Å². The molecule has 0 fully saturated rings. The average molecular weight is 293 g/mol. The monoisotopic (exact) mass is 293 g/mol. The number of thiazole rings is 1. The number of aromatic carboxylic acids is 1. The second-order valence-electron chi connectivity index (χ2n) is 4.02. The molecule has 0 aromatic carbocycles. The molecule has 0 saturated heterocycles. The number of carboxylic acid groups (broad SMARTS) is 1. The lowest BCUT2D eigenvalue weighted by Crippen LogP contribution is -2.09. The molecular weight excluding hydrogens is 278 g/mol. The molecule has 0 spiro atoms. The fourth-order valence-corrected chi connectivity index (χ4v) is 2.37. The summed E-state index contributed by atoms with van der Waals surface area (Å²) in [7, 11) is 0. The van der Waals surface area contributed by atoms with E-state index in [9.17, 15) is 4.79 Å². The van der Waals surface area contributed by atoms with Crippen molar-refractivity contribution in [1.82, 2.24) is 20.2 Å². The van der Waals surface area contributed by atoms with Gasteiger partial charge in [-0.2, -0.15) is 5.10 Å². The van der Waals surface area contributed by atoms with E-state index in [-0.39, 0.29) is 5.69 Å². The highest BCUT2D eigenvalue weighted by Crippen LogP contribution is 2.12. The van der Waals surface area contributed by atoms with Gasteiger partial charge in [0.1, 0.15) is 5.01 Å². The highest BCUT2D eigenvalue weighted by molar-refractivity contribution is 7.09. The van der Waals surface area contributed by atoms with Crippen molar-refractivity contribution >= 4 is 23.3 Å². The normalized spacial score (nSPS) is 10.5. The lowest BCUT2D eigenvalue weighted by Gasteiger charge is -2.06. The third-order valence-electron chi connectivity index (χ3n) is 2.68. The fourth-order valence-electron chi connectivity index (χ4n) is 1.66. The van der Waals surface area contributed by atoms with Crippen LogP contribution in [-0.2, 0) is 19.4 Å². The van der Waals surface area contributed by atoms with Crippen LogP contribution >= 0.6 is 11.3 Å². The molecule has 0 aliphatic heterocycles. The second-order valence-corrected chi connectivity index (χ2v) is 4.96. The predicted molar refractivity (Wildman–Crippen MR) is 75.0 cm³/mol. The van der Waals surface area contributed by atoms with Crippen molar-refractivity contribution < 1.29 is 9.90 Å². The Labute approximate surface area is 120 Å². The lowest BCUT2D eigenvalue weighted by atomic mass is 10.2. The summed E-state index contributed by atoms with van der Waals surface area (Å²) in [6.45, 7) is 4.42. The fraction of sp³-hybridized carbons (Fsp3) is 0.417. The first-order valence-electron chi connectivity index (χ1n) is 6.28. The summed E-state index contributed by atoms with van der Waals surface area (Å²) in [6.07, 6.45) is 1.60. The highest BCUT2D eigenvalue weighted by Gasteiger charge is 2.10. The molecule has 0 bridgehead atoms. The van der Waals surface area contributed by atoms with E-state index in [1.165, 1.54) is 16.7 Å². The summed E-state index contributed by atoms with van der Waals surface area (Å²) in [6, 6.07) is 0. The Hall–Kier alpha value is -2.09. The Kier molecular flexibility index (Phi) is 4.57. The predicted octanol–water partition coefficient (Wildman–Crippen LogP) is 1.76. The zero-order valence-electron chi connectivity index (χ0n) is 11.3. The van der Waals surface area contributed by atoms with Gasteiger partial charge in [-0.3, -0.25) is 0 Å². The maximum Gasteiger partial charge on any atom is 0.355 e. The Morgan fingerprint density at radius 3 is 2.60 bits per heavy atom. The molecule has 0 atom stereocenters. The summed E-state index contributed by atoms with van der Waals surface area (Å²) in [5, 5.41) is 22.1. The third-order valence-corrected chi connectivity index (χ3v) is 3.53. The van der Waals surface area contributed by atoms with Gasteiger partial charge in [-0.1, -0.05) is 13.8 Å². The molecule has 0 aliphatic rings. The van der Waals surface area contributed by atoms with Crippen molar-refractivity contribution in [2.24, 2.45) is 0 Å². The minimum Gasteiger partial charge on any atom is -0.476 e. The van der Waals surface area contributed by atoms with E-state index in [0.717, 1.165) is 24.2 Å². The van der Waals surface area contributed by atoms with Crippen molar-refractivity contribution in [2.75, 3.05) is 5.32 Å². The van der Waals surface area contributed by atoms with Crippen LogP contribution in [0.3, 0.4) is 0 Å². The number of nitrogens with zero attached hydrogens (tertiary/aromatic N) is 4. The number of anilines is 1. The molecule has 2 rings (SSSR count). The molecule has 106 valence electrons. The summed E-state index contributed by atoms with van der Waals surface area (Å²) in [4.78, 5) is 19.1. The number of hydrogen-bond donors (Lipinski definition) is 2. The largest absolute Gasteiger partial charge is 0.476 e. The number of carbonyl (C=O) groups is 1. The molecule has 20 heavy (non-hydrogen) atoms.